The van der Waals surface area contributed by atoms with Gasteiger partial charge in [0.15, 0.2) is 0 Å². The fourth-order valence-electron chi connectivity index (χ4n) is 3.09. The highest BCUT2D eigenvalue weighted by molar-refractivity contribution is 7.99. The normalized spacial score (nSPS) is 25.5. The van der Waals surface area contributed by atoms with Gasteiger partial charge in [0.2, 0.25) is 0 Å². The van der Waals surface area contributed by atoms with Crippen LogP contribution in [0.15, 0.2) is 11.1 Å². The van der Waals surface area contributed by atoms with Gasteiger partial charge in [0.1, 0.15) is 5.54 Å². The fraction of sp³-hybridized carbons (Fsp3) is 0.733. The van der Waals surface area contributed by atoms with Gasteiger partial charge in [0, 0.05) is 18.3 Å². The van der Waals surface area contributed by atoms with Crippen molar-refractivity contribution in [3.05, 3.63) is 11.8 Å². The minimum Gasteiger partial charge on any atom is -0.468 e. The van der Waals surface area contributed by atoms with E-state index in [-0.39, 0.29) is 12.0 Å². The predicted octanol–water partition coefficient (Wildman–Crippen LogP) is 2.28. The third-order valence-corrected chi connectivity index (χ3v) is 5.22. The van der Waals surface area contributed by atoms with Crippen LogP contribution in [0.1, 0.15) is 38.8 Å². The number of nitrogens with zero attached hydrogens (tertiary/aromatic N) is 2. The van der Waals surface area contributed by atoms with Crippen molar-refractivity contribution in [3.63, 3.8) is 0 Å². The van der Waals surface area contributed by atoms with Crippen LogP contribution >= 0.6 is 11.8 Å². The van der Waals surface area contributed by atoms with E-state index in [1.807, 2.05) is 30.4 Å². The van der Waals surface area contributed by atoms with Crippen LogP contribution in [0, 0.1) is 6.92 Å². The summed E-state index contributed by atoms with van der Waals surface area (Å²) in [4.78, 5) is 12.2. The van der Waals surface area contributed by atoms with Crippen molar-refractivity contribution in [3.8, 4) is 0 Å². The number of rotatable bonds is 5. The Labute approximate surface area is 130 Å². The van der Waals surface area contributed by atoms with Gasteiger partial charge in [-0.05, 0) is 46.1 Å². The van der Waals surface area contributed by atoms with Crippen molar-refractivity contribution >= 4 is 17.7 Å². The van der Waals surface area contributed by atoms with Crippen molar-refractivity contribution in [1.29, 1.82) is 0 Å². The van der Waals surface area contributed by atoms with Crippen LogP contribution in [0.25, 0.3) is 0 Å². The largest absolute Gasteiger partial charge is 0.468 e. The maximum Gasteiger partial charge on any atom is 0.326 e. The number of aromatic nitrogens is 2. The molecule has 0 amide bonds. The van der Waals surface area contributed by atoms with Crippen LogP contribution in [0.4, 0.5) is 0 Å². The zero-order chi connectivity index (χ0) is 15.6. The summed E-state index contributed by atoms with van der Waals surface area (Å²) in [7, 11) is 3.43. The molecule has 0 bridgehead atoms. The molecule has 0 aromatic carbocycles. The Morgan fingerprint density at radius 2 is 2.33 bits per heavy atom. The summed E-state index contributed by atoms with van der Waals surface area (Å²) in [5, 5.41) is 9.37. The summed E-state index contributed by atoms with van der Waals surface area (Å²) in [6.45, 7) is 6.13. The first-order valence-electron chi connectivity index (χ1n) is 7.40. The molecule has 21 heavy (non-hydrogen) atoms. The van der Waals surface area contributed by atoms with E-state index >= 15 is 0 Å². The lowest BCUT2D eigenvalue weighted by Crippen LogP contribution is -2.53. The summed E-state index contributed by atoms with van der Waals surface area (Å²) >= 11 is 1.81. The molecule has 1 heterocycles. The highest BCUT2D eigenvalue weighted by Crippen LogP contribution is 2.41. The summed E-state index contributed by atoms with van der Waals surface area (Å²) in [6, 6.07) is 2.35. The molecular formula is C15H25N3O2S. The highest BCUT2D eigenvalue weighted by Gasteiger charge is 2.46. The smallest absolute Gasteiger partial charge is 0.326 e. The molecule has 2 rings (SSSR count). The molecule has 1 fully saturated rings. The minimum absolute atomic E-state index is 0.138. The molecule has 1 N–H and O–H groups in total. The van der Waals surface area contributed by atoms with Gasteiger partial charge in [-0.2, -0.15) is 5.10 Å². The van der Waals surface area contributed by atoms with Crippen molar-refractivity contribution < 1.29 is 9.53 Å². The van der Waals surface area contributed by atoms with Crippen molar-refractivity contribution in [2.24, 2.45) is 7.05 Å². The van der Waals surface area contributed by atoms with Crippen molar-refractivity contribution in [1.82, 2.24) is 15.1 Å². The second kappa shape index (κ2) is 6.40. The molecule has 1 aliphatic rings. The number of carbonyl (C=O) groups is 1. The Kier molecular flexibility index (Phi) is 4.99. The maximum atomic E-state index is 12.2. The topological polar surface area (TPSA) is 56.1 Å². The lowest BCUT2D eigenvalue weighted by atomic mass is 9.97. The number of aryl methyl sites for hydroxylation is 2. The molecule has 1 aliphatic carbocycles. The van der Waals surface area contributed by atoms with Crippen molar-refractivity contribution in [2.75, 3.05) is 7.11 Å². The van der Waals surface area contributed by atoms with E-state index in [1.54, 1.807) is 0 Å². The van der Waals surface area contributed by atoms with Gasteiger partial charge in [0.05, 0.1) is 17.8 Å². The first-order chi connectivity index (χ1) is 9.86. The number of methoxy groups -OCH3 is 1. The van der Waals surface area contributed by atoms with E-state index in [9.17, 15) is 4.79 Å². The van der Waals surface area contributed by atoms with Gasteiger partial charge in [-0.25, -0.2) is 0 Å². The van der Waals surface area contributed by atoms with Crippen LogP contribution in [0.5, 0.6) is 0 Å². The van der Waals surface area contributed by atoms with Gasteiger partial charge >= 0.3 is 5.97 Å². The van der Waals surface area contributed by atoms with Crippen LogP contribution in [0.2, 0.25) is 0 Å². The monoisotopic (exact) mass is 311 g/mol. The lowest BCUT2D eigenvalue weighted by molar-refractivity contribution is -0.148. The Morgan fingerprint density at radius 1 is 1.62 bits per heavy atom. The van der Waals surface area contributed by atoms with E-state index in [0.29, 0.717) is 5.25 Å². The quantitative estimate of drug-likeness (QED) is 0.846. The van der Waals surface area contributed by atoms with E-state index in [2.05, 4.69) is 30.3 Å². The predicted molar refractivity (Wildman–Crippen MR) is 84.5 cm³/mol. The van der Waals surface area contributed by atoms with Crippen LogP contribution in [-0.4, -0.2) is 39.7 Å². The van der Waals surface area contributed by atoms with E-state index in [1.165, 1.54) is 7.11 Å². The van der Waals surface area contributed by atoms with Crippen LogP contribution in [-0.2, 0) is 16.6 Å². The summed E-state index contributed by atoms with van der Waals surface area (Å²) in [5.74, 6) is -0.138. The second-order valence-electron chi connectivity index (χ2n) is 6.10. The average molecular weight is 311 g/mol. The molecule has 1 saturated carbocycles. The number of thioether (sulfide) groups is 1. The molecule has 0 radical (unpaired) electrons. The zero-order valence-electron chi connectivity index (χ0n) is 13.5. The molecule has 0 saturated heterocycles. The number of esters is 1. The summed E-state index contributed by atoms with van der Waals surface area (Å²) in [6.07, 6.45) is 2.63. The highest BCUT2D eigenvalue weighted by atomic mass is 32.2. The number of hydrogen-bond acceptors (Lipinski definition) is 5. The number of nitrogens with one attached hydrogen (secondary N) is 1. The van der Waals surface area contributed by atoms with Crippen LogP contribution < -0.4 is 5.32 Å². The zero-order valence-corrected chi connectivity index (χ0v) is 14.3. The Balaban J connectivity index is 2.09. The lowest BCUT2D eigenvalue weighted by Gasteiger charge is -2.30. The fourth-order valence-corrected chi connectivity index (χ4v) is 4.47. The molecule has 2 unspecified atom stereocenters. The van der Waals surface area contributed by atoms with Gasteiger partial charge in [-0.3, -0.25) is 14.8 Å². The van der Waals surface area contributed by atoms with Gasteiger partial charge < -0.3 is 4.74 Å². The molecule has 0 spiro atoms. The molecule has 118 valence electrons. The first-order valence-corrected chi connectivity index (χ1v) is 8.27. The number of carbonyl (C=O) groups excluding carboxylic acids is 1. The van der Waals surface area contributed by atoms with E-state index in [0.717, 1.165) is 30.0 Å². The molecule has 1 aromatic heterocycles. The molecular weight excluding hydrogens is 286 g/mol. The average Bonchev–Trinajstić information content (AvgIpc) is 2.93. The first kappa shape index (κ1) is 16.4. The summed E-state index contributed by atoms with van der Waals surface area (Å²) in [5.41, 5.74) is 0.492. The third-order valence-electron chi connectivity index (χ3n) is 3.86. The number of ether oxygens (including phenoxy) is 1. The molecule has 1 aromatic rings. The Hall–Kier alpha value is -1.01. The van der Waals surface area contributed by atoms with Crippen LogP contribution in [0.3, 0.4) is 0 Å². The Bertz CT molecular complexity index is 515. The SMILES string of the molecule is COC(=O)C1(NC(C)C)CCC(Sc2cc(C)nn2C)C1. The molecule has 5 nitrogen and oxygen atoms in total. The van der Waals surface area contributed by atoms with Gasteiger partial charge in [0.25, 0.3) is 0 Å². The molecule has 6 heteroatoms. The van der Waals surface area contributed by atoms with Crippen molar-refractivity contribution in [2.45, 2.75) is 61.9 Å². The maximum absolute atomic E-state index is 12.2. The van der Waals surface area contributed by atoms with Gasteiger partial charge in [-0.1, -0.05) is 0 Å². The second-order valence-corrected chi connectivity index (χ2v) is 7.42. The van der Waals surface area contributed by atoms with Gasteiger partial charge in [-0.15, -0.1) is 11.8 Å². The number of hydrogen-bond donors (Lipinski definition) is 1. The van der Waals surface area contributed by atoms with E-state index in [4.69, 9.17) is 4.74 Å². The van der Waals surface area contributed by atoms with E-state index < -0.39 is 5.54 Å². The molecule has 0 aliphatic heterocycles. The minimum atomic E-state index is -0.534. The third kappa shape index (κ3) is 3.61. The standard InChI is InChI=1S/C15H25N3O2S/c1-10(2)16-15(14(19)20-5)7-6-12(9-15)21-13-8-11(3)17-18(13)4/h8,10,12,16H,6-7,9H2,1-5H3. The Morgan fingerprint density at radius 3 is 2.86 bits per heavy atom. The summed E-state index contributed by atoms with van der Waals surface area (Å²) < 4.78 is 6.95. The molecule has 2 atom stereocenters.